The van der Waals surface area contributed by atoms with Crippen LogP contribution in [-0.4, -0.2) is 39.8 Å². The molecule has 1 N–H and O–H groups in total. The first-order valence-electron chi connectivity index (χ1n) is 10.6. The summed E-state index contributed by atoms with van der Waals surface area (Å²) in [5.41, 5.74) is 2.50. The molecule has 0 heterocycles. The van der Waals surface area contributed by atoms with E-state index in [2.05, 4.69) is 5.32 Å². The molecule has 0 aromatic heterocycles. The molecule has 0 unspecified atom stereocenters. The van der Waals surface area contributed by atoms with Crippen LogP contribution in [-0.2, 0) is 14.3 Å². The zero-order valence-corrected chi connectivity index (χ0v) is 19.3. The summed E-state index contributed by atoms with van der Waals surface area (Å²) < 4.78 is 21.0. The highest BCUT2D eigenvalue weighted by Crippen LogP contribution is 2.38. The van der Waals surface area contributed by atoms with Crippen LogP contribution in [0.4, 0.5) is 0 Å². The predicted molar refractivity (Wildman–Crippen MR) is 129 cm³/mol. The van der Waals surface area contributed by atoms with Crippen LogP contribution in [0.3, 0.4) is 0 Å². The lowest BCUT2D eigenvalue weighted by Gasteiger charge is -2.19. The Bertz CT molecular complexity index is 1060. The second-order valence-electron chi connectivity index (χ2n) is 7.22. The average Bonchev–Trinajstić information content (AvgIpc) is 2.89. The van der Waals surface area contributed by atoms with E-state index >= 15 is 0 Å². The molecular weight excluding hydrogens is 434 g/mol. The monoisotopic (exact) mass is 461 g/mol. The fourth-order valence-corrected chi connectivity index (χ4v) is 3.40. The van der Waals surface area contributed by atoms with Gasteiger partial charge in [0.1, 0.15) is 0 Å². The van der Waals surface area contributed by atoms with E-state index in [0.29, 0.717) is 22.8 Å². The largest absolute Gasteiger partial charge is 0.493 e. The zero-order chi connectivity index (χ0) is 24.3. The maximum absolute atomic E-state index is 12.6. The van der Waals surface area contributed by atoms with Crippen LogP contribution in [0, 0.1) is 0 Å². The molecule has 7 heteroatoms. The first-order valence-corrected chi connectivity index (χ1v) is 10.6. The maximum Gasteiger partial charge on any atom is 0.331 e. The molecule has 0 fully saturated rings. The molecule has 7 nitrogen and oxygen atoms in total. The van der Waals surface area contributed by atoms with Gasteiger partial charge in [-0.3, -0.25) is 4.79 Å². The molecule has 0 saturated carbocycles. The summed E-state index contributed by atoms with van der Waals surface area (Å²) in [5, 5.41) is 2.93. The third-order valence-corrected chi connectivity index (χ3v) is 5.02. The lowest BCUT2D eigenvalue weighted by atomic mass is 9.99. The summed E-state index contributed by atoms with van der Waals surface area (Å²) in [6, 6.07) is 22.2. The highest BCUT2D eigenvalue weighted by atomic mass is 16.5. The molecule has 0 aliphatic rings. The van der Waals surface area contributed by atoms with Crippen molar-refractivity contribution in [2.45, 2.75) is 6.04 Å². The lowest BCUT2D eigenvalue weighted by molar-refractivity contribution is -0.143. The van der Waals surface area contributed by atoms with Crippen molar-refractivity contribution in [3.05, 3.63) is 95.6 Å². The summed E-state index contributed by atoms with van der Waals surface area (Å²) in [6.45, 7) is -0.408. The van der Waals surface area contributed by atoms with E-state index in [1.165, 1.54) is 27.4 Å². The minimum atomic E-state index is -0.653. The Morgan fingerprint density at radius 2 is 1.35 bits per heavy atom. The number of rotatable bonds is 10. The summed E-state index contributed by atoms with van der Waals surface area (Å²) in [5.74, 6) is 0.309. The Balaban J connectivity index is 1.63. The van der Waals surface area contributed by atoms with Gasteiger partial charge >= 0.3 is 5.97 Å². The number of esters is 1. The number of hydrogen-bond acceptors (Lipinski definition) is 6. The Labute approximate surface area is 198 Å². The molecule has 0 radical (unpaired) electrons. The number of carbonyl (C=O) groups is 2. The van der Waals surface area contributed by atoms with Gasteiger partial charge < -0.3 is 24.3 Å². The summed E-state index contributed by atoms with van der Waals surface area (Å²) in [6.07, 6.45) is 2.78. The second-order valence-corrected chi connectivity index (χ2v) is 7.22. The number of carbonyl (C=O) groups excluding carboxylic acids is 2. The number of ether oxygens (including phenoxy) is 4. The molecular formula is C27H27NO6. The Morgan fingerprint density at radius 3 is 1.82 bits per heavy atom. The van der Waals surface area contributed by atoms with Gasteiger partial charge in [-0.1, -0.05) is 60.7 Å². The number of amides is 1. The molecule has 34 heavy (non-hydrogen) atoms. The van der Waals surface area contributed by atoms with Crippen LogP contribution in [0.1, 0.15) is 22.7 Å². The number of hydrogen-bond donors (Lipinski definition) is 1. The molecule has 1 amide bonds. The van der Waals surface area contributed by atoms with E-state index in [1.807, 2.05) is 60.7 Å². The topological polar surface area (TPSA) is 83.1 Å². The quantitative estimate of drug-likeness (QED) is 0.360. The van der Waals surface area contributed by atoms with E-state index in [-0.39, 0.29) is 6.04 Å². The Kier molecular flexibility index (Phi) is 8.68. The molecule has 0 bridgehead atoms. The normalized spacial score (nSPS) is 10.7. The number of benzene rings is 3. The summed E-state index contributed by atoms with van der Waals surface area (Å²) in [7, 11) is 4.53. The third kappa shape index (κ3) is 6.38. The molecule has 3 aromatic carbocycles. The fraction of sp³-hybridized carbons (Fsp3) is 0.185. The van der Waals surface area contributed by atoms with Gasteiger partial charge in [0.05, 0.1) is 27.4 Å². The van der Waals surface area contributed by atoms with Gasteiger partial charge in [-0.05, 0) is 34.9 Å². The Morgan fingerprint density at radius 1 is 0.824 bits per heavy atom. The zero-order valence-electron chi connectivity index (χ0n) is 19.3. The van der Waals surface area contributed by atoms with Crippen molar-refractivity contribution >= 4 is 18.0 Å². The summed E-state index contributed by atoms with van der Waals surface area (Å²) in [4.78, 5) is 24.8. The SMILES string of the molecule is COc1cc(C=CC(=O)OCC(=O)NC(c2ccccc2)c2ccccc2)cc(OC)c1OC. The van der Waals surface area contributed by atoms with Crippen LogP contribution in [0.15, 0.2) is 78.9 Å². The lowest BCUT2D eigenvalue weighted by Crippen LogP contribution is -2.32. The van der Waals surface area contributed by atoms with Gasteiger partial charge in [0.2, 0.25) is 5.75 Å². The molecule has 3 rings (SSSR count). The minimum Gasteiger partial charge on any atom is -0.493 e. The molecule has 3 aromatic rings. The average molecular weight is 462 g/mol. The first kappa shape index (κ1) is 24.4. The van der Waals surface area contributed by atoms with E-state index in [1.54, 1.807) is 18.2 Å². The van der Waals surface area contributed by atoms with Crippen LogP contribution >= 0.6 is 0 Å². The van der Waals surface area contributed by atoms with E-state index in [9.17, 15) is 9.59 Å². The van der Waals surface area contributed by atoms with Crippen molar-refractivity contribution < 1.29 is 28.5 Å². The van der Waals surface area contributed by atoms with E-state index < -0.39 is 18.5 Å². The highest BCUT2D eigenvalue weighted by Gasteiger charge is 2.17. The third-order valence-electron chi connectivity index (χ3n) is 5.02. The van der Waals surface area contributed by atoms with Crippen LogP contribution in [0.2, 0.25) is 0 Å². The standard InChI is InChI=1S/C27H27NO6/c1-31-22-16-19(17-23(32-2)27(22)33-3)14-15-25(30)34-18-24(29)28-26(20-10-6-4-7-11-20)21-12-8-5-9-13-21/h4-17,26H,18H2,1-3H3,(H,28,29). The van der Waals surface area contributed by atoms with Crippen molar-refractivity contribution in [3.8, 4) is 17.2 Å². The van der Waals surface area contributed by atoms with Gasteiger partial charge in [-0.2, -0.15) is 0 Å². The first-order chi connectivity index (χ1) is 16.5. The van der Waals surface area contributed by atoms with Crippen molar-refractivity contribution in [3.63, 3.8) is 0 Å². The molecule has 0 spiro atoms. The van der Waals surface area contributed by atoms with E-state index in [4.69, 9.17) is 18.9 Å². The molecule has 0 atom stereocenters. The smallest absolute Gasteiger partial charge is 0.331 e. The summed E-state index contributed by atoms with van der Waals surface area (Å²) >= 11 is 0. The number of methoxy groups -OCH3 is 3. The minimum absolute atomic E-state index is 0.358. The van der Waals surface area contributed by atoms with Crippen LogP contribution < -0.4 is 19.5 Å². The van der Waals surface area contributed by atoms with E-state index in [0.717, 1.165) is 11.1 Å². The maximum atomic E-state index is 12.6. The molecule has 176 valence electrons. The second kappa shape index (κ2) is 12.1. The molecule has 0 aliphatic heterocycles. The van der Waals surface area contributed by atoms with Gasteiger partial charge in [-0.15, -0.1) is 0 Å². The fourth-order valence-electron chi connectivity index (χ4n) is 3.40. The van der Waals surface area contributed by atoms with Crippen LogP contribution in [0.25, 0.3) is 6.08 Å². The van der Waals surface area contributed by atoms with Gasteiger partial charge in [0.15, 0.2) is 18.1 Å². The molecule has 0 aliphatic carbocycles. The predicted octanol–water partition coefficient (Wildman–Crippen LogP) is 4.17. The van der Waals surface area contributed by atoms with Gasteiger partial charge in [0.25, 0.3) is 5.91 Å². The van der Waals surface area contributed by atoms with Gasteiger partial charge in [0, 0.05) is 6.08 Å². The van der Waals surface area contributed by atoms with Gasteiger partial charge in [-0.25, -0.2) is 4.79 Å². The number of nitrogens with one attached hydrogen (secondary N) is 1. The van der Waals surface area contributed by atoms with Crippen molar-refractivity contribution in [1.29, 1.82) is 0 Å². The Hall–Kier alpha value is -4.26. The van der Waals surface area contributed by atoms with Crippen molar-refractivity contribution in [1.82, 2.24) is 5.32 Å². The molecule has 0 saturated heterocycles. The van der Waals surface area contributed by atoms with Crippen molar-refractivity contribution in [2.75, 3.05) is 27.9 Å². The van der Waals surface area contributed by atoms with Crippen LogP contribution in [0.5, 0.6) is 17.2 Å². The highest BCUT2D eigenvalue weighted by molar-refractivity contribution is 5.89. The van der Waals surface area contributed by atoms with Crippen molar-refractivity contribution in [2.24, 2.45) is 0 Å².